The normalized spacial score (nSPS) is 12.8. The molecule has 4 rings (SSSR count). The molecule has 0 aliphatic rings. The number of nitrogens with zero attached hydrogens (tertiary/aromatic N) is 2. The van der Waals surface area contributed by atoms with Crippen LogP contribution in [0.15, 0.2) is 76.2 Å². The number of alkyl halides is 3. The van der Waals surface area contributed by atoms with E-state index in [2.05, 4.69) is 4.98 Å². The minimum absolute atomic E-state index is 0.0995. The van der Waals surface area contributed by atoms with Crippen LogP contribution in [0.2, 0.25) is 0 Å². The molecule has 0 saturated heterocycles. The second kappa shape index (κ2) is 6.93. The molecule has 2 aromatic carbocycles. The Labute approximate surface area is 163 Å². The fourth-order valence-electron chi connectivity index (χ4n) is 2.84. The van der Waals surface area contributed by atoms with E-state index in [-0.39, 0.29) is 10.7 Å². The van der Waals surface area contributed by atoms with Gasteiger partial charge in [-0.3, -0.25) is 0 Å². The van der Waals surface area contributed by atoms with Crippen molar-refractivity contribution in [3.63, 3.8) is 0 Å². The van der Waals surface area contributed by atoms with Crippen LogP contribution in [-0.4, -0.2) is 17.4 Å². The second-order valence-corrected chi connectivity index (χ2v) is 7.89. The van der Waals surface area contributed by atoms with Gasteiger partial charge in [-0.25, -0.2) is 17.4 Å². The maximum absolute atomic E-state index is 13.2. The summed E-state index contributed by atoms with van der Waals surface area (Å²) < 4.78 is 71.1. The van der Waals surface area contributed by atoms with Gasteiger partial charge in [0.2, 0.25) is 0 Å². The highest BCUT2D eigenvalue weighted by Crippen LogP contribution is 2.31. The van der Waals surface area contributed by atoms with Gasteiger partial charge in [0.1, 0.15) is 11.6 Å². The monoisotopic (exact) mass is 418 g/mol. The highest BCUT2D eigenvalue weighted by Gasteiger charge is 2.31. The summed E-state index contributed by atoms with van der Waals surface area (Å²) >= 11 is 0. The summed E-state index contributed by atoms with van der Waals surface area (Å²) in [6, 6.07) is 13.3. The molecule has 0 unspecified atom stereocenters. The first-order valence-corrected chi connectivity index (χ1v) is 9.83. The van der Waals surface area contributed by atoms with Crippen molar-refractivity contribution in [2.24, 2.45) is 0 Å². The first kappa shape index (κ1) is 19.0. The largest absolute Gasteiger partial charge is 0.465 e. The molecular weight excluding hydrogens is 405 g/mol. The predicted molar refractivity (Wildman–Crippen MR) is 101 cm³/mol. The number of furan rings is 1. The third-order valence-corrected chi connectivity index (χ3v) is 5.94. The van der Waals surface area contributed by atoms with Crippen molar-refractivity contribution < 1.29 is 26.0 Å². The summed E-state index contributed by atoms with van der Waals surface area (Å²) in [5.74, 6) is 0.595. The Hall–Kier alpha value is -3.33. The number of benzene rings is 2. The first-order chi connectivity index (χ1) is 13.8. The van der Waals surface area contributed by atoms with Crippen molar-refractivity contribution in [2.75, 3.05) is 0 Å². The highest BCUT2D eigenvalue weighted by molar-refractivity contribution is 7.90. The average molecular weight is 418 g/mol. The number of fused-ring (bicyclic) bond motifs is 1. The van der Waals surface area contributed by atoms with Crippen LogP contribution in [0.4, 0.5) is 13.2 Å². The fraction of sp³-hybridized carbons (Fsp3) is 0.0500. The van der Waals surface area contributed by atoms with Crippen molar-refractivity contribution in [2.45, 2.75) is 11.1 Å². The van der Waals surface area contributed by atoms with Gasteiger partial charge in [0.05, 0.1) is 27.8 Å². The van der Waals surface area contributed by atoms with Crippen molar-refractivity contribution >= 4 is 33.2 Å². The molecule has 0 radical (unpaired) electrons. The van der Waals surface area contributed by atoms with Crippen LogP contribution in [0.1, 0.15) is 17.1 Å². The lowest BCUT2D eigenvalue weighted by Crippen LogP contribution is -2.15. The van der Waals surface area contributed by atoms with Gasteiger partial charge in [-0.2, -0.15) is 13.2 Å². The van der Waals surface area contributed by atoms with Gasteiger partial charge in [0.15, 0.2) is 0 Å². The molecule has 4 aromatic rings. The van der Waals surface area contributed by atoms with Crippen LogP contribution in [0, 0.1) is 0 Å². The Morgan fingerprint density at radius 2 is 1.66 bits per heavy atom. The number of halogens is 3. The molecule has 0 spiro atoms. The Morgan fingerprint density at radius 3 is 2.31 bits per heavy atom. The van der Waals surface area contributed by atoms with E-state index in [0.29, 0.717) is 16.8 Å². The van der Waals surface area contributed by atoms with Crippen molar-refractivity contribution in [3.05, 3.63) is 84.1 Å². The van der Waals surface area contributed by atoms with Gasteiger partial charge in [0, 0.05) is 0 Å². The van der Waals surface area contributed by atoms with Gasteiger partial charge in [-0.1, -0.05) is 12.1 Å². The minimum Gasteiger partial charge on any atom is -0.465 e. The van der Waals surface area contributed by atoms with Gasteiger partial charge in [0.25, 0.3) is 10.0 Å². The zero-order valence-electron chi connectivity index (χ0n) is 14.7. The smallest absolute Gasteiger partial charge is 0.416 e. The van der Waals surface area contributed by atoms with Crippen LogP contribution < -0.4 is 0 Å². The van der Waals surface area contributed by atoms with E-state index in [4.69, 9.17) is 4.42 Å². The van der Waals surface area contributed by atoms with Crippen molar-refractivity contribution in [1.82, 2.24) is 8.96 Å². The van der Waals surface area contributed by atoms with E-state index in [1.165, 1.54) is 12.3 Å². The standard InChI is InChI=1S/C20H13F3N2O3S/c21-20(22,23)14-7-10-16(11-8-14)29(26,27)25-18-6-2-1-5-17(18)24-19(25)12-9-15-4-3-13-28-15/h1-13H. The summed E-state index contributed by atoms with van der Waals surface area (Å²) in [6.07, 6.45) is -0.0526. The molecule has 0 bridgehead atoms. The van der Waals surface area contributed by atoms with Crippen LogP contribution >= 0.6 is 0 Å². The van der Waals surface area contributed by atoms with E-state index >= 15 is 0 Å². The molecule has 0 N–H and O–H groups in total. The minimum atomic E-state index is -4.55. The molecule has 2 heterocycles. The summed E-state index contributed by atoms with van der Waals surface area (Å²) in [4.78, 5) is 4.06. The van der Waals surface area contributed by atoms with Crippen molar-refractivity contribution in [1.29, 1.82) is 0 Å². The zero-order chi connectivity index (χ0) is 20.6. The number of hydrogen-bond donors (Lipinski definition) is 0. The van der Waals surface area contributed by atoms with E-state index in [1.54, 1.807) is 42.5 Å². The molecule has 5 nitrogen and oxygen atoms in total. The lowest BCUT2D eigenvalue weighted by Gasteiger charge is -2.11. The molecule has 0 amide bonds. The molecule has 2 aromatic heterocycles. The number of rotatable bonds is 4. The van der Waals surface area contributed by atoms with Crippen LogP contribution in [-0.2, 0) is 16.2 Å². The zero-order valence-corrected chi connectivity index (χ0v) is 15.5. The number of imidazole rings is 1. The van der Waals surface area contributed by atoms with Crippen LogP contribution in [0.5, 0.6) is 0 Å². The quantitative estimate of drug-likeness (QED) is 0.465. The number of aromatic nitrogens is 2. The maximum atomic E-state index is 13.2. The number of para-hydroxylation sites is 2. The predicted octanol–water partition coefficient (Wildman–Crippen LogP) is 5.06. The maximum Gasteiger partial charge on any atom is 0.416 e. The van der Waals surface area contributed by atoms with E-state index in [1.807, 2.05) is 0 Å². The Morgan fingerprint density at radius 1 is 0.931 bits per heavy atom. The van der Waals surface area contributed by atoms with Gasteiger partial charge in [-0.15, -0.1) is 0 Å². The summed E-state index contributed by atoms with van der Waals surface area (Å²) in [7, 11) is -4.20. The molecule has 0 fully saturated rings. The number of hydrogen-bond acceptors (Lipinski definition) is 4. The fourth-order valence-corrected chi connectivity index (χ4v) is 4.30. The Kier molecular flexibility index (Phi) is 4.54. The van der Waals surface area contributed by atoms with E-state index in [9.17, 15) is 21.6 Å². The highest BCUT2D eigenvalue weighted by atomic mass is 32.2. The summed E-state index contributed by atoms with van der Waals surface area (Å²) in [5.41, 5.74) is -0.182. The average Bonchev–Trinajstić information content (AvgIpc) is 3.33. The van der Waals surface area contributed by atoms with Gasteiger partial charge < -0.3 is 4.42 Å². The Bertz CT molecular complexity index is 1290. The third-order valence-electron chi connectivity index (χ3n) is 4.20. The molecular formula is C20H13F3N2O3S. The molecule has 0 aliphatic carbocycles. The van der Waals surface area contributed by atoms with E-state index in [0.717, 1.165) is 28.2 Å². The van der Waals surface area contributed by atoms with Crippen LogP contribution in [0.3, 0.4) is 0 Å². The third kappa shape index (κ3) is 3.56. The lowest BCUT2D eigenvalue weighted by molar-refractivity contribution is -0.137. The topological polar surface area (TPSA) is 65.1 Å². The molecule has 0 saturated carbocycles. The van der Waals surface area contributed by atoms with E-state index < -0.39 is 21.8 Å². The molecule has 0 atom stereocenters. The lowest BCUT2D eigenvalue weighted by atomic mass is 10.2. The molecule has 29 heavy (non-hydrogen) atoms. The van der Waals surface area contributed by atoms with Crippen molar-refractivity contribution in [3.8, 4) is 0 Å². The summed E-state index contributed by atoms with van der Waals surface area (Å²) in [5, 5.41) is 0. The SMILES string of the molecule is O=S(=O)(c1ccc(C(F)(F)F)cc1)n1c(C=Cc2ccco2)nc2ccccc21. The molecule has 0 aliphatic heterocycles. The second-order valence-electron chi connectivity index (χ2n) is 6.10. The summed E-state index contributed by atoms with van der Waals surface area (Å²) in [6.45, 7) is 0. The Balaban J connectivity index is 1.86. The first-order valence-electron chi connectivity index (χ1n) is 8.39. The van der Waals surface area contributed by atoms with Crippen LogP contribution in [0.25, 0.3) is 23.2 Å². The molecule has 9 heteroatoms. The molecule has 148 valence electrons. The van der Waals surface area contributed by atoms with Gasteiger partial charge in [-0.05, 0) is 60.7 Å². The van der Waals surface area contributed by atoms with Gasteiger partial charge >= 0.3 is 6.18 Å².